The molecule has 1 rings (SSSR count). The maximum absolute atomic E-state index is 6.75. The molecule has 0 bridgehead atoms. The highest BCUT2D eigenvalue weighted by atomic mass is 15.3. The van der Waals surface area contributed by atoms with Crippen LogP contribution in [0.3, 0.4) is 0 Å². The lowest BCUT2D eigenvalue weighted by atomic mass is 9.98. The van der Waals surface area contributed by atoms with Crippen molar-refractivity contribution in [2.75, 3.05) is 13.1 Å². The third-order valence-electron chi connectivity index (χ3n) is 1.99. The van der Waals surface area contributed by atoms with Crippen molar-refractivity contribution in [1.82, 2.24) is 4.90 Å². The van der Waals surface area contributed by atoms with Gasteiger partial charge in [0.2, 0.25) is 6.04 Å². The fourth-order valence-corrected chi connectivity index (χ4v) is 1.08. The van der Waals surface area contributed by atoms with Crippen LogP contribution in [0.2, 0.25) is 0 Å². The van der Waals surface area contributed by atoms with E-state index in [2.05, 4.69) is 30.5 Å². The van der Waals surface area contributed by atoms with Gasteiger partial charge in [0.1, 0.15) is 0 Å². The Morgan fingerprint density at radius 2 is 1.90 bits per heavy atom. The van der Waals surface area contributed by atoms with E-state index in [9.17, 15) is 0 Å². The lowest BCUT2D eigenvalue weighted by Crippen LogP contribution is -2.57. The van der Waals surface area contributed by atoms with Crippen LogP contribution in [0, 0.1) is 6.57 Å². The summed E-state index contributed by atoms with van der Waals surface area (Å²) in [7, 11) is 0. The first-order valence-corrected chi connectivity index (χ1v) is 3.65. The Morgan fingerprint density at radius 3 is 2.20 bits per heavy atom. The summed E-state index contributed by atoms with van der Waals surface area (Å²) >= 11 is 0. The van der Waals surface area contributed by atoms with Crippen LogP contribution >= 0.6 is 0 Å². The SMILES string of the molecule is [C-]#[N+]C1CN(C(C)(C)C)C1. The molecule has 0 unspecified atom stereocenters. The minimum absolute atomic E-state index is 0.265. The summed E-state index contributed by atoms with van der Waals surface area (Å²) in [6, 6.07) is 0.277. The number of nitrogens with zero attached hydrogens (tertiary/aromatic N) is 2. The normalized spacial score (nSPS) is 21.8. The van der Waals surface area contributed by atoms with Gasteiger partial charge in [-0.2, -0.15) is 0 Å². The van der Waals surface area contributed by atoms with Gasteiger partial charge < -0.3 is 4.85 Å². The second-order valence-electron chi connectivity index (χ2n) is 3.86. The Balaban J connectivity index is 2.35. The number of hydrogen-bond donors (Lipinski definition) is 0. The average molecular weight is 138 g/mol. The van der Waals surface area contributed by atoms with Crippen molar-refractivity contribution in [3.05, 3.63) is 11.4 Å². The zero-order chi connectivity index (χ0) is 7.78. The number of rotatable bonds is 0. The lowest BCUT2D eigenvalue weighted by Gasteiger charge is -2.42. The van der Waals surface area contributed by atoms with Crippen LogP contribution in [0.4, 0.5) is 0 Å². The molecule has 10 heavy (non-hydrogen) atoms. The zero-order valence-corrected chi connectivity index (χ0v) is 6.89. The molecule has 0 aromatic carbocycles. The Kier molecular flexibility index (Phi) is 1.70. The molecule has 2 nitrogen and oxygen atoms in total. The van der Waals surface area contributed by atoms with Crippen LogP contribution in [0.1, 0.15) is 20.8 Å². The molecule has 1 fully saturated rings. The van der Waals surface area contributed by atoms with Crippen LogP contribution in [0.5, 0.6) is 0 Å². The fraction of sp³-hybridized carbons (Fsp3) is 0.875. The predicted molar refractivity (Wildman–Crippen MR) is 41.7 cm³/mol. The van der Waals surface area contributed by atoms with Gasteiger partial charge in [-0.25, -0.2) is 6.57 Å². The van der Waals surface area contributed by atoms with Crippen molar-refractivity contribution in [3.63, 3.8) is 0 Å². The Morgan fingerprint density at radius 1 is 1.40 bits per heavy atom. The van der Waals surface area contributed by atoms with Crippen molar-refractivity contribution in [3.8, 4) is 0 Å². The van der Waals surface area contributed by atoms with Crippen molar-refractivity contribution >= 4 is 0 Å². The molecule has 56 valence electrons. The second kappa shape index (κ2) is 2.25. The number of hydrogen-bond acceptors (Lipinski definition) is 1. The van der Waals surface area contributed by atoms with Crippen molar-refractivity contribution in [2.24, 2.45) is 0 Å². The van der Waals surface area contributed by atoms with E-state index in [1.54, 1.807) is 0 Å². The molecule has 1 aliphatic rings. The van der Waals surface area contributed by atoms with E-state index in [0.717, 1.165) is 13.1 Å². The standard InChI is InChI=1S/C8H14N2/c1-8(2,3)10-5-7(6-10)9-4/h7H,5-6H2,1-3H3. The van der Waals surface area contributed by atoms with E-state index in [4.69, 9.17) is 6.57 Å². The molecule has 1 aliphatic heterocycles. The first kappa shape index (κ1) is 7.56. The molecule has 0 N–H and O–H groups in total. The largest absolute Gasteiger partial charge is 0.311 e. The number of likely N-dealkylation sites (tertiary alicyclic amines) is 1. The zero-order valence-electron chi connectivity index (χ0n) is 6.89. The first-order valence-electron chi connectivity index (χ1n) is 3.65. The van der Waals surface area contributed by atoms with Gasteiger partial charge in [-0.15, -0.1) is 0 Å². The Labute approximate surface area is 62.7 Å². The van der Waals surface area contributed by atoms with Crippen LogP contribution in [0.15, 0.2) is 0 Å². The monoisotopic (exact) mass is 138 g/mol. The highest BCUT2D eigenvalue weighted by molar-refractivity contribution is 4.98. The van der Waals surface area contributed by atoms with Gasteiger partial charge in [0, 0.05) is 5.54 Å². The quantitative estimate of drug-likeness (QED) is 0.459. The predicted octanol–water partition coefficient (Wildman–Crippen LogP) is 1.39. The van der Waals surface area contributed by atoms with Crippen molar-refractivity contribution in [2.45, 2.75) is 32.4 Å². The molecule has 0 spiro atoms. The Hall–Kier alpha value is -0.550. The molecule has 0 aliphatic carbocycles. The van der Waals surface area contributed by atoms with E-state index >= 15 is 0 Å². The van der Waals surface area contributed by atoms with E-state index in [1.165, 1.54) is 0 Å². The molecule has 1 saturated heterocycles. The van der Waals surface area contributed by atoms with Gasteiger partial charge in [-0.1, -0.05) is 0 Å². The topological polar surface area (TPSA) is 7.60 Å². The van der Waals surface area contributed by atoms with Crippen LogP contribution in [0.25, 0.3) is 4.85 Å². The summed E-state index contributed by atoms with van der Waals surface area (Å²) in [6.45, 7) is 15.2. The molecule has 1 heterocycles. The highest BCUT2D eigenvalue weighted by Crippen LogP contribution is 2.22. The molecule has 0 radical (unpaired) electrons. The van der Waals surface area contributed by atoms with Gasteiger partial charge in [0.05, 0.1) is 13.1 Å². The average Bonchev–Trinajstić information content (AvgIpc) is 1.57. The van der Waals surface area contributed by atoms with E-state index in [0.29, 0.717) is 0 Å². The van der Waals surface area contributed by atoms with E-state index in [1.807, 2.05) is 0 Å². The van der Waals surface area contributed by atoms with Crippen LogP contribution < -0.4 is 0 Å². The maximum atomic E-state index is 6.75. The highest BCUT2D eigenvalue weighted by Gasteiger charge is 2.37. The van der Waals surface area contributed by atoms with Gasteiger partial charge in [-0.3, -0.25) is 4.90 Å². The van der Waals surface area contributed by atoms with Crippen molar-refractivity contribution in [1.29, 1.82) is 0 Å². The molecule has 0 aromatic rings. The molecular formula is C8H14N2. The first-order chi connectivity index (χ1) is 4.54. The van der Waals surface area contributed by atoms with Gasteiger partial charge in [0.15, 0.2) is 0 Å². The molecule has 0 atom stereocenters. The third-order valence-corrected chi connectivity index (χ3v) is 1.99. The summed E-state index contributed by atoms with van der Waals surface area (Å²) in [6.07, 6.45) is 0. The smallest absolute Gasteiger partial charge is 0.248 e. The second-order valence-corrected chi connectivity index (χ2v) is 3.86. The molecule has 0 saturated carbocycles. The molecule has 0 amide bonds. The summed E-state index contributed by atoms with van der Waals surface area (Å²) < 4.78 is 0. The molecular weight excluding hydrogens is 124 g/mol. The minimum atomic E-state index is 0.265. The summed E-state index contributed by atoms with van der Waals surface area (Å²) in [5, 5.41) is 0. The summed E-state index contributed by atoms with van der Waals surface area (Å²) in [5.41, 5.74) is 0.265. The van der Waals surface area contributed by atoms with Gasteiger partial charge >= 0.3 is 0 Å². The molecule has 2 heteroatoms. The Bertz CT molecular complexity index is 155. The summed E-state index contributed by atoms with van der Waals surface area (Å²) in [5.74, 6) is 0. The van der Waals surface area contributed by atoms with E-state index in [-0.39, 0.29) is 11.6 Å². The van der Waals surface area contributed by atoms with Crippen LogP contribution in [-0.4, -0.2) is 29.6 Å². The third kappa shape index (κ3) is 1.30. The summed E-state index contributed by atoms with van der Waals surface area (Å²) in [4.78, 5) is 5.79. The maximum Gasteiger partial charge on any atom is 0.248 e. The minimum Gasteiger partial charge on any atom is -0.311 e. The van der Waals surface area contributed by atoms with E-state index < -0.39 is 0 Å². The van der Waals surface area contributed by atoms with Crippen molar-refractivity contribution < 1.29 is 0 Å². The van der Waals surface area contributed by atoms with Gasteiger partial charge in [0.25, 0.3) is 0 Å². The fourth-order valence-electron chi connectivity index (χ4n) is 1.08. The van der Waals surface area contributed by atoms with Crippen LogP contribution in [-0.2, 0) is 0 Å². The molecule has 0 aromatic heterocycles. The van der Waals surface area contributed by atoms with Gasteiger partial charge in [-0.05, 0) is 20.8 Å². The lowest BCUT2D eigenvalue weighted by molar-refractivity contribution is 0.0621.